The number of carboxylic acid groups (broad SMARTS) is 1. The van der Waals surface area contributed by atoms with Crippen molar-refractivity contribution in [2.45, 2.75) is 13.3 Å². The van der Waals surface area contributed by atoms with Crippen LogP contribution in [0.15, 0.2) is 29.2 Å². The third kappa shape index (κ3) is 3.48. The number of thiocarbonyl (C=S) groups is 1. The van der Waals surface area contributed by atoms with E-state index in [2.05, 4.69) is 0 Å². The smallest absolute Gasteiger partial charge is 0.305 e. The van der Waals surface area contributed by atoms with Crippen LogP contribution in [0.25, 0.3) is 5.57 Å². The van der Waals surface area contributed by atoms with Crippen LogP contribution in [-0.4, -0.2) is 39.9 Å². The quantitative estimate of drug-likeness (QED) is 0.658. The standard InChI is InChI=1S/C15H15NO4S2/c1-9(10-3-5-11(20-2)6-4-10)13-14(19)16(15(21)22-13)8-7-12(17)18/h3-6H,7-8H2,1-2H3,(H,17,18)/b13-9-. The van der Waals surface area contributed by atoms with E-state index in [1.807, 2.05) is 31.2 Å². The number of carbonyl (C=O) groups is 2. The lowest BCUT2D eigenvalue weighted by atomic mass is 10.1. The monoisotopic (exact) mass is 337 g/mol. The lowest BCUT2D eigenvalue weighted by Crippen LogP contribution is -2.30. The molecule has 0 aliphatic carbocycles. The van der Waals surface area contributed by atoms with Gasteiger partial charge in [0, 0.05) is 6.54 Å². The molecule has 1 aliphatic heterocycles. The maximum absolute atomic E-state index is 12.4. The van der Waals surface area contributed by atoms with Crippen LogP contribution in [0.4, 0.5) is 0 Å². The zero-order valence-corrected chi connectivity index (χ0v) is 13.8. The molecule has 0 aromatic heterocycles. The van der Waals surface area contributed by atoms with Crippen LogP contribution >= 0.6 is 24.0 Å². The predicted octanol–water partition coefficient (Wildman–Crippen LogP) is 2.76. The van der Waals surface area contributed by atoms with Crippen molar-refractivity contribution >= 4 is 45.7 Å². The first-order chi connectivity index (χ1) is 10.4. The average molecular weight is 337 g/mol. The predicted molar refractivity (Wildman–Crippen MR) is 89.7 cm³/mol. The van der Waals surface area contributed by atoms with E-state index in [9.17, 15) is 9.59 Å². The highest BCUT2D eigenvalue weighted by Crippen LogP contribution is 2.36. The number of carbonyl (C=O) groups excluding carboxylic acids is 1. The Bertz CT molecular complexity index is 652. The summed E-state index contributed by atoms with van der Waals surface area (Å²) in [4.78, 5) is 24.9. The molecule has 1 fully saturated rings. The van der Waals surface area contributed by atoms with E-state index in [4.69, 9.17) is 22.1 Å². The van der Waals surface area contributed by atoms with E-state index >= 15 is 0 Å². The van der Waals surface area contributed by atoms with Crippen LogP contribution in [0.3, 0.4) is 0 Å². The molecule has 0 bridgehead atoms. The first-order valence-electron chi connectivity index (χ1n) is 6.54. The molecule has 1 heterocycles. The summed E-state index contributed by atoms with van der Waals surface area (Å²) >= 11 is 6.39. The van der Waals surface area contributed by atoms with Gasteiger partial charge in [-0.3, -0.25) is 14.5 Å². The van der Waals surface area contributed by atoms with Crippen molar-refractivity contribution in [1.29, 1.82) is 0 Å². The number of nitrogens with zero attached hydrogens (tertiary/aromatic N) is 1. The number of methoxy groups -OCH3 is 1. The van der Waals surface area contributed by atoms with Crippen LogP contribution in [0, 0.1) is 0 Å². The van der Waals surface area contributed by atoms with Crippen LogP contribution in [-0.2, 0) is 9.59 Å². The molecule has 2 rings (SSSR count). The SMILES string of the molecule is COc1ccc(/C(C)=C2\SC(=S)N(CCC(=O)O)C2=O)cc1. The Kier molecular flexibility index (Phi) is 5.20. The van der Waals surface area contributed by atoms with Gasteiger partial charge in [0.15, 0.2) is 0 Å². The second-order valence-electron chi connectivity index (χ2n) is 4.65. The maximum atomic E-state index is 12.4. The number of allylic oxidation sites excluding steroid dienone is 1. The molecule has 5 nitrogen and oxygen atoms in total. The number of benzene rings is 1. The Balaban J connectivity index is 2.24. The average Bonchev–Trinajstić information content (AvgIpc) is 2.79. The molecule has 116 valence electrons. The van der Waals surface area contributed by atoms with Crippen molar-refractivity contribution < 1.29 is 19.4 Å². The van der Waals surface area contributed by atoms with E-state index in [0.717, 1.165) is 16.9 Å². The van der Waals surface area contributed by atoms with Crippen LogP contribution in [0.1, 0.15) is 18.9 Å². The Morgan fingerprint density at radius 3 is 2.55 bits per heavy atom. The van der Waals surface area contributed by atoms with E-state index < -0.39 is 5.97 Å². The number of hydrogen-bond acceptors (Lipinski definition) is 5. The number of hydrogen-bond donors (Lipinski definition) is 1. The lowest BCUT2D eigenvalue weighted by Gasteiger charge is -2.12. The molecule has 1 aromatic rings. The second-order valence-corrected chi connectivity index (χ2v) is 6.30. The zero-order chi connectivity index (χ0) is 16.3. The Morgan fingerprint density at radius 1 is 1.36 bits per heavy atom. The normalized spacial score (nSPS) is 16.9. The van der Waals surface area contributed by atoms with Gasteiger partial charge in [-0.1, -0.05) is 36.1 Å². The molecular formula is C15H15NO4S2. The van der Waals surface area contributed by atoms with Gasteiger partial charge < -0.3 is 9.84 Å². The fourth-order valence-corrected chi connectivity index (χ4v) is 3.35. The minimum Gasteiger partial charge on any atom is -0.497 e. The molecular weight excluding hydrogens is 322 g/mol. The first kappa shape index (κ1) is 16.5. The van der Waals surface area contributed by atoms with Gasteiger partial charge in [-0.15, -0.1) is 0 Å². The molecule has 1 N–H and O–H groups in total. The van der Waals surface area contributed by atoms with Gasteiger partial charge in [-0.05, 0) is 30.2 Å². The molecule has 0 radical (unpaired) electrons. The zero-order valence-electron chi connectivity index (χ0n) is 12.2. The minimum absolute atomic E-state index is 0.0966. The summed E-state index contributed by atoms with van der Waals surface area (Å²) in [5, 5.41) is 8.74. The number of carboxylic acids is 1. The number of thioether (sulfide) groups is 1. The fraction of sp³-hybridized carbons (Fsp3) is 0.267. The van der Waals surface area contributed by atoms with Crippen molar-refractivity contribution in [1.82, 2.24) is 4.90 Å². The third-order valence-corrected chi connectivity index (χ3v) is 4.81. The van der Waals surface area contributed by atoms with E-state index in [-0.39, 0.29) is 18.9 Å². The highest BCUT2D eigenvalue weighted by molar-refractivity contribution is 8.26. The van der Waals surface area contributed by atoms with Crippen molar-refractivity contribution in [3.05, 3.63) is 34.7 Å². The third-order valence-electron chi connectivity index (χ3n) is 3.26. The van der Waals surface area contributed by atoms with Crippen LogP contribution < -0.4 is 4.74 Å². The highest BCUT2D eigenvalue weighted by Gasteiger charge is 2.33. The fourth-order valence-electron chi connectivity index (χ4n) is 2.00. The molecule has 0 spiro atoms. The van der Waals surface area contributed by atoms with E-state index in [1.54, 1.807) is 7.11 Å². The lowest BCUT2D eigenvalue weighted by molar-refractivity contribution is -0.137. The van der Waals surface area contributed by atoms with E-state index in [0.29, 0.717) is 9.23 Å². The molecule has 7 heteroatoms. The summed E-state index contributed by atoms with van der Waals surface area (Å²) in [5.74, 6) is -0.444. The Morgan fingerprint density at radius 2 is 2.00 bits per heavy atom. The summed E-state index contributed by atoms with van der Waals surface area (Å²) in [6, 6.07) is 7.39. The summed E-state index contributed by atoms with van der Waals surface area (Å²) in [6.45, 7) is 1.95. The van der Waals surface area contributed by atoms with Crippen LogP contribution in [0.2, 0.25) is 0 Å². The topological polar surface area (TPSA) is 66.8 Å². The number of ether oxygens (including phenoxy) is 1. The minimum atomic E-state index is -0.954. The molecule has 1 amide bonds. The summed E-state index contributed by atoms with van der Waals surface area (Å²) < 4.78 is 5.51. The second kappa shape index (κ2) is 6.93. The summed E-state index contributed by atoms with van der Waals surface area (Å²) in [6.07, 6.45) is -0.124. The van der Waals surface area contributed by atoms with Crippen LogP contribution in [0.5, 0.6) is 5.75 Å². The first-order valence-corrected chi connectivity index (χ1v) is 7.77. The van der Waals surface area contributed by atoms with Gasteiger partial charge >= 0.3 is 5.97 Å². The number of rotatable bonds is 5. The van der Waals surface area contributed by atoms with Crippen molar-refractivity contribution in [3.63, 3.8) is 0 Å². The number of aliphatic carboxylic acids is 1. The maximum Gasteiger partial charge on any atom is 0.305 e. The Hall–Kier alpha value is -1.86. The summed E-state index contributed by atoms with van der Waals surface area (Å²) in [5.41, 5.74) is 1.72. The molecule has 0 saturated carbocycles. The van der Waals surface area contributed by atoms with Crippen molar-refractivity contribution in [3.8, 4) is 5.75 Å². The Labute approximate surface area is 137 Å². The molecule has 22 heavy (non-hydrogen) atoms. The molecule has 0 atom stereocenters. The summed E-state index contributed by atoms with van der Waals surface area (Å²) in [7, 11) is 1.59. The molecule has 1 aromatic carbocycles. The molecule has 1 saturated heterocycles. The van der Waals surface area contributed by atoms with E-state index in [1.165, 1.54) is 16.7 Å². The largest absolute Gasteiger partial charge is 0.497 e. The van der Waals surface area contributed by atoms with Gasteiger partial charge in [0.1, 0.15) is 10.1 Å². The van der Waals surface area contributed by atoms with Gasteiger partial charge in [0.2, 0.25) is 0 Å². The van der Waals surface area contributed by atoms with Gasteiger partial charge in [-0.25, -0.2) is 0 Å². The van der Waals surface area contributed by atoms with Crippen molar-refractivity contribution in [2.75, 3.05) is 13.7 Å². The molecule has 1 aliphatic rings. The molecule has 0 unspecified atom stereocenters. The highest BCUT2D eigenvalue weighted by atomic mass is 32.2. The number of amides is 1. The van der Waals surface area contributed by atoms with Gasteiger partial charge in [0.25, 0.3) is 5.91 Å². The van der Waals surface area contributed by atoms with Gasteiger partial charge in [0.05, 0.1) is 18.4 Å². The van der Waals surface area contributed by atoms with Crippen molar-refractivity contribution in [2.24, 2.45) is 0 Å². The van der Waals surface area contributed by atoms with Gasteiger partial charge in [-0.2, -0.15) is 0 Å².